The predicted octanol–water partition coefficient (Wildman–Crippen LogP) is 3.84. The lowest BCUT2D eigenvalue weighted by Crippen LogP contribution is -2.05. The normalized spacial score (nSPS) is 33.3. The minimum Gasteiger partial charge on any atom is -0.376 e. The Bertz CT molecular complexity index is 452. The molecule has 0 spiro atoms. The number of hydrogen-bond donors (Lipinski definition) is 0. The van der Waals surface area contributed by atoms with E-state index in [9.17, 15) is 0 Å². The van der Waals surface area contributed by atoms with Gasteiger partial charge in [0.05, 0.1) is 26.4 Å². The van der Waals surface area contributed by atoms with Crippen molar-refractivity contribution in [3.05, 3.63) is 59.8 Å². The van der Waals surface area contributed by atoms with Crippen LogP contribution in [0.5, 0.6) is 0 Å². The molecule has 0 saturated carbocycles. The van der Waals surface area contributed by atoms with E-state index in [0.717, 1.165) is 13.2 Å². The summed E-state index contributed by atoms with van der Waals surface area (Å²) in [5.41, 5.74) is 2.62. The Morgan fingerprint density at radius 2 is 2.25 bits per heavy atom. The third-order valence-corrected chi connectivity index (χ3v) is 3.46. The summed E-state index contributed by atoms with van der Waals surface area (Å²) in [6.07, 6.45) is 17.1. The van der Waals surface area contributed by atoms with Gasteiger partial charge in [0.1, 0.15) is 0 Å². The van der Waals surface area contributed by atoms with Crippen LogP contribution in [0.4, 0.5) is 0 Å². The second-order valence-corrected chi connectivity index (χ2v) is 5.30. The van der Waals surface area contributed by atoms with Gasteiger partial charge in [-0.3, -0.25) is 0 Å². The van der Waals surface area contributed by atoms with Crippen LogP contribution in [0.15, 0.2) is 59.8 Å². The van der Waals surface area contributed by atoms with E-state index in [1.165, 1.54) is 11.1 Å². The first-order valence-electron chi connectivity index (χ1n) is 7.32. The zero-order valence-corrected chi connectivity index (χ0v) is 12.4. The van der Waals surface area contributed by atoms with Crippen LogP contribution in [0.1, 0.15) is 13.8 Å². The summed E-state index contributed by atoms with van der Waals surface area (Å²) in [7, 11) is 0. The number of fused-ring (bicyclic) bond motifs is 1. The van der Waals surface area contributed by atoms with Crippen molar-refractivity contribution in [2.75, 3.05) is 26.4 Å². The summed E-state index contributed by atoms with van der Waals surface area (Å²) in [5, 5.41) is 0. The van der Waals surface area contributed by atoms with Gasteiger partial charge in [-0.25, -0.2) is 0 Å². The SMILES string of the molecule is C/C=C/C=C/COCC1=C/[C@H](C)/C=C\[C@@H]2COC\C2=C\1. The van der Waals surface area contributed by atoms with E-state index in [-0.39, 0.29) is 0 Å². The molecule has 108 valence electrons. The van der Waals surface area contributed by atoms with Crippen LogP contribution in [0, 0.1) is 11.8 Å². The summed E-state index contributed by atoms with van der Waals surface area (Å²) < 4.78 is 11.3. The number of allylic oxidation sites excluding steroid dienone is 5. The minimum absolute atomic E-state index is 0.450. The van der Waals surface area contributed by atoms with Gasteiger partial charge in [0.15, 0.2) is 0 Å². The fourth-order valence-electron chi connectivity index (χ4n) is 2.41. The topological polar surface area (TPSA) is 18.5 Å². The molecule has 0 amide bonds. The smallest absolute Gasteiger partial charge is 0.0718 e. The Labute approximate surface area is 122 Å². The molecule has 1 aliphatic carbocycles. The molecule has 0 bridgehead atoms. The van der Waals surface area contributed by atoms with Crippen LogP contribution in [0.25, 0.3) is 0 Å². The molecule has 0 unspecified atom stereocenters. The molecule has 2 heteroatoms. The molecule has 0 N–H and O–H groups in total. The maximum atomic E-state index is 5.71. The van der Waals surface area contributed by atoms with Crippen molar-refractivity contribution in [3.8, 4) is 0 Å². The second kappa shape index (κ2) is 8.03. The molecule has 2 atom stereocenters. The molecule has 20 heavy (non-hydrogen) atoms. The van der Waals surface area contributed by atoms with Crippen molar-refractivity contribution in [3.63, 3.8) is 0 Å². The first kappa shape index (κ1) is 15.0. The molecule has 1 aliphatic heterocycles. The molecule has 0 aromatic carbocycles. The molecule has 0 radical (unpaired) electrons. The van der Waals surface area contributed by atoms with Crippen molar-refractivity contribution >= 4 is 0 Å². The van der Waals surface area contributed by atoms with Gasteiger partial charge in [-0.1, -0.05) is 55.5 Å². The Kier molecular flexibility index (Phi) is 6.03. The van der Waals surface area contributed by atoms with E-state index in [0.29, 0.717) is 25.0 Å². The Morgan fingerprint density at radius 1 is 1.35 bits per heavy atom. The van der Waals surface area contributed by atoms with E-state index in [4.69, 9.17) is 9.47 Å². The van der Waals surface area contributed by atoms with E-state index in [1.807, 2.05) is 31.2 Å². The van der Waals surface area contributed by atoms with Crippen LogP contribution in [0.3, 0.4) is 0 Å². The highest BCUT2D eigenvalue weighted by Crippen LogP contribution is 2.26. The average molecular weight is 272 g/mol. The molecular formula is C18H24O2. The van der Waals surface area contributed by atoms with Crippen molar-refractivity contribution in [2.24, 2.45) is 11.8 Å². The molecule has 2 nitrogen and oxygen atoms in total. The van der Waals surface area contributed by atoms with Gasteiger partial charge in [-0.2, -0.15) is 0 Å². The van der Waals surface area contributed by atoms with E-state index in [1.54, 1.807) is 0 Å². The Hall–Kier alpha value is -1.38. The Morgan fingerprint density at radius 3 is 3.10 bits per heavy atom. The maximum absolute atomic E-state index is 5.71. The van der Waals surface area contributed by atoms with E-state index >= 15 is 0 Å². The minimum atomic E-state index is 0.450. The third-order valence-electron chi connectivity index (χ3n) is 3.46. The van der Waals surface area contributed by atoms with E-state index < -0.39 is 0 Å². The molecule has 2 rings (SSSR count). The van der Waals surface area contributed by atoms with Gasteiger partial charge in [-0.05, 0) is 24.0 Å². The monoisotopic (exact) mass is 272 g/mol. The summed E-state index contributed by atoms with van der Waals surface area (Å²) >= 11 is 0. The average Bonchev–Trinajstić information content (AvgIpc) is 2.85. The summed E-state index contributed by atoms with van der Waals surface area (Å²) in [4.78, 5) is 0. The third kappa shape index (κ3) is 4.62. The highest BCUT2D eigenvalue weighted by Gasteiger charge is 2.20. The zero-order valence-electron chi connectivity index (χ0n) is 12.4. The quantitative estimate of drug-likeness (QED) is 0.430. The molecule has 1 heterocycles. The van der Waals surface area contributed by atoms with E-state index in [2.05, 4.69) is 31.2 Å². The maximum Gasteiger partial charge on any atom is 0.0718 e. The van der Waals surface area contributed by atoms with Crippen LogP contribution in [0.2, 0.25) is 0 Å². The lowest BCUT2D eigenvalue weighted by molar-refractivity contribution is 0.188. The zero-order chi connectivity index (χ0) is 14.2. The summed E-state index contributed by atoms with van der Waals surface area (Å²) in [6, 6.07) is 0. The number of ether oxygens (including phenoxy) is 2. The molecule has 2 aliphatic rings. The second-order valence-electron chi connectivity index (χ2n) is 5.30. The molecule has 0 aromatic heterocycles. The summed E-state index contributed by atoms with van der Waals surface area (Å²) in [6.45, 7) is 7.09. The van der Waals surface area contributed by atoms with Crippen molar-refractivity contribution in [2.45, 2.75) is 13.8 Å². The van der Waals surface area contributed by atoms with Gasteiger partial charge >= 0.3 is 0 Å². The highest BCUT2D eigenvalue weighted by atomic mass is 16.5. The highest BCUT2D eigenvalue weighted by molar-refractivity contribution is 5.32. The lowest BCUT2D eigenvalue weighted by atomic mass is 9.94. The van der Waals surface area contributed by atoms with Gasteiger partial charge in [0, 0.05) is 5.92 Å². The fraction of sp³-hybridized carbons (Fsp3) is 0.444. The van der Waals surface area contributed by atoms with Crippen LogP contribution in [-0.4, -0.2) is 26.4 Å². The molecule has 1 fully saturated rings. The summed E-state index contributed by atoms with van der Waals surface area (Å²) in [5.74, 6) is 0.904. The lowest BCUT2D eigenvalue weighted by Gasteiger charge is -2.13. The fourth-order valence-corrected chi connectivity index (χ4v) is 2.41. The molecule has 1 saturated heterocycles. The van der Waals surface area contributed by atoms with Crippen LogP contribution in [-0.2, 0) is 9.47 Å². The van der Waals surface area contributed by atoms with Crippen LogP contribution >= 0.6 is 0 Å². The first-order valence-corrected chi connectivity index (χ1v) is 7.32. The molecular weight excluding hydrogens is 248 g/mol. The largest absolute Gasteiger partial charge is 0.376 e. The van der Waals surface area contributed by atoms with Gasteiger partial charge < -0.3 is 9.47 Å². The standard InChI is InChI=1S/C18H24O2/c1-3-4-5-6-9-19-12-16-10-15(2)7-8-17-13-20-14-18(17)11-16/h3-8,10-11,15,17H,9,12-14H2,1-2H3/b4-3+,6-5+,8-7-,16-10+,18-11-/t15-,17-/m1/s1. The molecule has 0 aromatic rings. The van der Waals surface area contributed by atoms with Gasteiger partial charge in [0.25, 0.3) is 0 Å². The predicted molar refractivity (Wildman–Crippen MR) is 83.6 cm³/mol. The van der Waals surface area contributed by atoms with Crippen LogP contribution < -0.4 is 0 Å². The van der Waals surface area contributed by atoms with Gasteiger partial charge in [-0.15, -0.1) is 0 Å². The Balaban J connectivity index is 1.93. The van der Waals surface area contributed by atoms with Crippen molar-refractivity contribution < 1.29 is 9.47 Å². The van der Waals surface area contributed by atoms with Crippen molar-refractivity contribution in [1.29, 1.82) is 0 Å². The van der Waals surface area contributed by atoms with Crippen molar-refractivity contribution in [1.82, 2.24) is 0 Å². The first-order chi connectivity index (χ1) is 9.79. The number of rotatable bonds is 5. The number of hydrogen-bond acceptors (Lipinski definition) is 2. The van der Waals surface area contributed by atoms with Gasteiger partial charge in [0.2, 0.25) is 0 Å².